The van der Waals surface area contributed by atoms with Crippen LogP contribution in [0.15, 0.2) is 79.4 Å². The van der Waals surface area contributed by atoms with Crippen molar-refractivity contribution in [2.45, 2.75) is 0 Å². The van der Waals surface area contributed by atoms with Crippen LogP contribution in [0.2, 0.25) is 0 Å². The van der Waals surface area contributed by atoms with E-state index >= 15 is 0 Å². The van der Waals surface area contributed by atoms with Gasteiger partial charge >= 0.3 is 5.97 Å². The van der Waals surface area contributed by atoms with Crippen LogP contribution in [0.1, 0.15) is 10.4 Å². The Morgan fingerprint density at radius 2 is 1.43 bits per heavy atom. The van der Waals surface area contributed by atoms with Crippen molar-refractivity contribution in [3.63, 3.8) is 0 Å². The minimum Gasteiger partial charge on any atom is -0.478 e. The molecule has 0 aliphatic rings. The van der Waals surface area contributed by atoms with Crippen molar-refractivity contribution in [2.24, 2.45) is 0 Å². The summed E-state index contributed by atoms with van der Waals surface area (Å²) in [6.45, 7) is 0. The summed E-state index contributed by atoms with van der Waals surface area (Å²) >= 11 is 0. The second-order valence-corrected chi connectivity index (χ2v) is 4.12. The van der Waals surface area contributed by atoms with Gasteiger partial charge in [-0.2, -0.15) is 0 Å². The third-order valence-corrected chi connectivity index (χ3v) is 2.72. The van der Waals surface area contributed by atoms with Crippen molar-refractivity contribution in [3.8, 4) is 11.1 Å². The number of hydrogen-bond acceptors (Lipinski definition) is 3. The first kappa shape index (κ1) is 14.4. The van der Waals surface area contributed by atoms with Gasteiger partial charge in [0.05, 0.1) is 5.56 Å². The third kappa shape index (κ3) is 4.24. The zero-order valence-electron chi connectivity index (χ0n) is 11.3. The van der Waals surface area contributed by atoms with Gasteiger partial charge in [-0.05, 0) is 23.3 Å². The SMILES string of the molecule is O=C(O)c1ccccc1-c1ccccc1.c1cncnc1. The first-order valence-electron chi connectivity index (χ1n) is 6.37. The monoisotopic (exact) mass is 278 g/mol. The first-order chi connectivity index (χ1) is 10.3. The predicted octanol–water partition coefficient (Wildman–Crippen LogP) is 3.53. The Kier molecular flexibility index (Phi) is 5.18. The number of aromatic nitrogens is 2. The molecule has 0 amide bonds. The number of carboxylic acids is 1. The average molecular weight is 278 g/mol. The molecule has 0 aliphatic heterocycles. The third-order valence-electron chi connectivity index (χ3n) is 2.72. The molecule has 21 heavy (non-hydrogen) atoms. The number of hydrogen-bond donors (Lipinski definition) is 1. The van der Waals surface area contributed by atoms with Crippen molar-refractivity contribution in [1.82, 2.24) is 9.97 Å². The quantitative estimate of drug-likeness (QED) is 0.779. The highest BCUT2D eigenvalue weighted by Crippen LogP contribution is 2.22. The molecule has 0 saturated carbocycles. The summed E-state index contributed by atoms with van der Waals surface area (Å²) < 4.78 is 0. The van der Waals surface area contributed by atoms with E-state index in [2.05, 4.69) is 9.97 Å². The minimum atomic E-state index is -0.894. The van der Waals surface area contributed by atoms with Crippen LogP contribution >= 0.6 is 0 Å². The Morgan fingerprint density at radius 3 is 1.95 bits per heavy atom. The molecule has 0 radical (unpaired) electrons. The van der Waals surface area contributed by atoms with Crippen LogP contribution < -0.4 is 0 Å². The van der Waals surface area contributed by atoms with Gasteiger partial charge in [0.25, 0.3) is 0 Å². The van der Waals surface area contributed by atoms with Crippen molar-refractivity contribution < 1.29 is 9.90 Å². The van der Waals surface area contributed by atoms with Gasteiger partial charge in [0, 0.05) is 12.4 Å². The molecule has 0 spiro atoms. The van der Waals surface area contributed by atoms with Gasteiger partial charge in [-0.3, -0.25) is 0 Å². The van der Waals surface area contributed by atoms with Gasteiger partial charge in [0.2, 0.25) is 0 Å². The largest absolute Gasteiger partial charge is 0.478 e. The van der Waals surface area contributed by atoms with E-state index in [1.165, 1.54) is 6.33 Å². The number of rotatable bonds is 2. The average Bonchev–Trinajstić information content (AvgIpc) is 2.58. The lowest BCUT2D eigenvalue weighted by molar-refractivity contribution is 0.0697. The molecule has 3 rings (SSSR count). The molecule has 1 heterocycles. The van der Waals surface area contributed by atoms with E-state index in [-0.39, 0.29) is 0 Å². The van der Waals surface area contributed by atoms with E-state index < -0.39 is 5.97 Å². The number of carbonyl (C=O) groups is 1. The van der Waals surface area contributed by atoms with Crippen LogP contribution in [-0.2, 0) is 0 Å². The summed E-state index contributed by atoms with van der Waals surface area (Å²) in [6, 6.07) is 18.3. The summed E-state index contributed by atoms with van der Waals surface area (Å²) in [5, 5.41) is 9.03. The fourth-order valence-corrected chi connectivity index (χ4v) is 1.79. The predicted molar refractivity (Wildman–Crippen MR) is 80.9 cm³/mol. The summed E-state index contributed by atoms with van der Waals surface area (Å²) in [4.78, 5) is 18.3. The molecule has 3 aromatic rings. The Balaban J connectivity index is 0.000000225. The highest BCUT2D eigenvalue weighted by Gasteiger charge is 2.09. The molecule has 0 aliphatic carbocycles. The highest BCUT2D eigenvalue weighted by atomic mass is 16.4. The summed E-state index contributed by atoms with van der Waals surface area (Å²) in [5.41, 5.74) is 2.02. The lowest BCUT2D eigenvalue weighted by Crippen LogP contribution is -1.98. The number of aromatic carboxylic acids is 1. The number of nitrogens with zero attached hydrogens (tertiary/aromatic N) is 2. The van der Waals surface area contributed by atoms with E-state index in [1.807, 2.05) is 42.5 Å². The van der Waals surface area contributed by atoms with Crippen molar-refractivity contribution >= 4 is 5.97 Å². The van der Waals surface area contributed by atoms with Crippen LogP contribution in [0.4, 0.5) is 0 Å². The topological polar surface area (TPSA) is 63.1 Å². The second-order valence-electron chi connectivity index (χ2n) is 4.12. The van der Waals surface area contributed by atoms with Gasteiger partial charge in [-0.25, -0.2) is 14.8 Å². The molecular formula is C17H14N2O2. The summed E-state index contributed by atoms with van der Waals surface area (Å²) in [5.74, 6) is -0.894. The summed E-state index contributed by atoms with van der Waals surface area (Å²) in [6.07, 6.45) is 4.88. The maximum absolute atomic E-state index is 11.0. The molecule has 2 aromatic carbocycles. The Bertz CT molecular complexity index is 659. The van der Waals surface area contributed by atoms with Crippen LogP contribution in [-0.4, -0.2) is 21.0 Å². The lowest BCUT2D eigenvalue weighted by atomic mass is 10.00. The number of benzene rings is 2. The molecule has 0 unspecified atom stereocenters. The smallest absolute Gasteiger partial charge is 0.336 e. The normalized spacial score (nSPS) is 9.33. The molecular weight excluding hydrogens is 264 g/mol. The van der Waals surface area contributed by atoms with E-state index in [9.17, 15) is 4.79 Å². The molecule has 0 fully saturated rings. The van der Waals surface area contributed by atoms with Gasteiger partial charge in [-0.15, -0.1) is 0 Å². The molecule has 4 nitrogen and oxygen atoms in total. The van der Waals surface area contributed by atoms with E-state index in [0.717, 1.165) is 11.1 Å². The Hall–Kier alpha value is -3.01. The Labute approximate surface area is 122 Å². The zero-order chi connectivity index (χ0) is 14.9. The molecule has 4 heteroatoms. The molecule has 0 bridgehead atoms. The van der Waals surface area contributed by atoms with E-state index in [1.54, 1.807) is 30.6 Å². The summed E-state index contributed by atoms with van der Waals surface area (Å²) in [7, 11) is 0. The molecule has 0 atom stereocenters. The fourth-order valence-electron chi connectivity index (χ4n) is 1.79. The van der Waals surface area contributed by atoms with E-state index in [0.29, 0.717) is 5.56 Å². The standard InChI is InChI=1S/C13H10O2.C4H4N2/c14-13(15)12-9-5-4-8-11(12)10-6-2-1-3-7-10;1-2-5-4-6-3-1/h1-9H,(H,14,15);1-4H. The fraction of sp³-hybridized carbons (Fsp3) is 0. The maximum atomic E-state index is 11.0. The maximum Gasteiger partial charge on any atom is 0.336 e. The van der Waals surface area contributed by atoms with Crippen LogP contribution in [0.25, 0.3) is 11.1 Å². The second kappa shape index (κ2) is 7.55. The molecule has 104 valence electrons. The van der Waals surface area contributed by atoms with Crippen LogP contribution in [0.3, 0.4) is 0 Å². The first-order valence-corrected chi connectivity index (χ1v) is 6.37. The van der Waals surface area contributed by atoms with Gasteiger partial charge in [0.1, 0.15) is 6.33 Å². The van der Waals surface area contributed by atoms with Gasteiger partial charge < -0.3 is 5.11 Å². The van der Waals surface area contributed by atoms with Gasteiger partial charge in [-0.1, -0.05) is 48.5 Å². The molecule has 1 aromatic heterocycles. The zero-order valence-corrected chi connectivity index (χ0v) is 11.3. The molecule has 0 saturated heterocycles. The highest BCUT2D eigenvalue weighted by molar-refractivity contribution is 5.95. The van der Waals surface area contributed by atoms with Crippen molar-refractivity contribution in [2.75, 3.05) is 0 Å². The van der Waals surface area contributed by atoms with Crippen LogP contribution in [0, 0.1) is 0 Å². The van der Waals surface area contributed by atoms with Gasteiger partial charge in [0.15, 0.2) is 0 Å². The van der Waals surface area contributed by atoms with E-state index in [4.69, 9.17) is 5.11 Å². The Morgan fingerprint density at radius 1 is 0.810 bits per heavy atom. The number of carboxylic acid groups (broad SMARTS) is 1. The lowest BCUT2D eigenvalue weighted by Gasteiger charge is -2.05. The van der Waals surface area contributed by atoms with Crippen molar-refractivity contribution in [3.05, 3.63) is 84.9 Å². The van der Waals surface area contributed by atoms with Crippen molar-refractivity contribution in [1.29, 1.82) is 0 Å². The van der Waals surface area contributed by atoms with Crippen LogP contribution in [0.5, 0.6) is 0 Å². The molecule has 1 N–H and O–H groups in total. The minimum absolute atomic E-state index is 0.337.